The van der Waals surface area contributed by atoms with Gasteiger partial charge in [0.05, 0.1) is 12.0 Å². The molecule has 0 radical (unpaired) electrons. The average molecular weight is 337 g/mol. The third-order valence-electron chi connectivity index (χ3n) is 6.45. The van der Waals surface area contributed by atoms with Crippen LogP contribution in [0.4, 0.5) is 0 Å². The second kappa shape index (κ2) is 7.03. The predicted octanol–water partition coefficient (Wildman–Crippen LogP) is 3.07. The SMILES string of the molecule is CCC(OC1CCCC(C)C1)C(=O)N1CCC2(CC1)CC2C(=O)O. The Bertz CT molecular complexity index is 484. The molecule has 4 unspecified atom stereocenters. The molecule has 0 aromatic carbocycles. The van der Waals surface area contributed by atoms with Gasteiger partial charge >= 0.3 is 5.97 Å². The molecule has 5 nitrogen and oxygen atoms in total. The van der Waals surface area contributed by atoms with E-state index in [9.17, 15) is 14.7 Å². The molecule has 1 N–H and O–H groups in total. The molecule has 0 aromatic rings. The number of carbonyl (C=O) groups is 2. The lowest BCUT2D eigenvalue weighted by atomic mass is 9.88. The van der Waals surface area contributed by atoms with Crippen molar-refractivity contribution >= 4 is 11.9 Å². The molecule has 1 aliphatic heterocycles. The number of likely N-dealkylation sites (tertiary alicyclic amines) is 1. The zero-order chi connectivity index (χ0) is 17.3. The number of nitrogens with zero attached hydrogens (tertiary/aromatic N) is 1. The van der Waals surface area contributed by atoms with Gasteiger partial charge in [-0.2, -0.15) is 0 Å². The normalized spacial score (nSPS) is 33.2. The number of carbonyl (C=O) groups excluding carboxylic acids is 1. The Morgan fingerprint density at radius 1 is 1.29 bits per heavy atom. The molecule has 3 fully saturated rings. The van der Waals surface area contributed by atoms with E-state index in [1.54, 1.807) is 0 Å². The highest BCUT2D eigenvalue weighted by Gasteiger charge is 2.59. The molecule has 1 heterocycles. The Balaban J connectivity index is 1.51. The van der Waals surface area contributed by atoms with Crippen LogP contribution in [-0.2, 0) is 14.3 Å². The van der Waals surface area contributed by atoms with Crippen LogP contribution in [0.1, 0.15) is 65.2 Å². The fourth-order valence-electron chi connectivity index (χ4n) is 4.69. The third-order valence-corrected chi connectivity index (χ3v) is 6.45. The van der Waals surface area contributed by atoms with E-state index in [-0.39, 0.29) is 29.4 Å². The van der Waals surface area contributed by atoms with Crippen molar-refractivity contribution in [1.29, 1.82) is 0 Å². The maximum absolute atomic E-state index is 12.8. The van der Waals surface area contributed by atoms with Crippen LogP contribution >= 0.6 is 0 Å². The molecule has 2 aliphatic carbocycles. The maximum Gasteiger partial charge on any atom is 0.307 e. The minimum atomic E-state index is -0.670. The summed E-state index contributed by atoms with van der Waals surface area (Å²) in [6, 6.07) is 0. The average Bonchev–Trinajstić information content (AvgIpc) is 3.27. The third kappa shape index (κ3) is 3.61. The summed E-state index contributed by atoms with van der Waals surface area (Å²) in [5, 5.41) is 9.18. The first-order valence-electron chi connectivity index (χ1n) is 9.62. The molecule has 3 aliphatic rings. The van der Waals surface area contributed by atoms with E-state index < -0.39 is 5.97 Å². The first kappa shape index (κ1) is 17.7. The van der Waals surface area contributed by atoms with Crippen LogP contribution in [0.2, 0.25) is 0 Å². The van der Waals surface area contributed by atoms with Gasteiger partial charge in [-0.05, 0) is 49.9 Å². The standard InChI is InChI=1S/C19H31NO4/c1-3-16(24-14-6-4-5-13(2)11-14)17(21)20-9-7-19(8-10-20)12-15(19)18(22)23/h13-16H,3-12H2,1-2H3,(H,22,23). The number of carboxylic acids is 1. The lowest BCUT2D eigenvalue weighted by Gasteiger charge is -2.36. The van der Waals surface area contributed by atoms with E-state index in [0.717, 1.165) is 32.1 Å². The van der Waals surface area contributed by atoms with Crippen molar-refractivity contribution in [3.05, 3.63) is 0 Å². The molecule has 0 bridgehead atoms. The van der Waals surface area contributed by atoms with Crippen molar-refractivity contribution in [2.45, 2.75) is 77.4 Å². The van der Waals surface area contributed by atoms with Gasteiger partial charge in [0.15, 0.2) is 0 Å². The number of aliphatic carboxylic acids is 1. The molecule has 1 saturated heterocycles. The van der Waals surface area contributed by atoms with Crippen molar-refractivity contribution in [2.24, 2.45) is 17.3 Å². The van der Waals surface area contributed by atoms with E-state index in [4.69, 9.17) is 4.74 Å². The fourth-order valence-corrected chi connectivity index (χ4v) is 4.69. The zero-order valence-corrected chi connectivity index (χ0v) is 15.0. The highest BCUT2D eigenvalue weighted by Crippen LogP contribution is 2.59. The molecule has 24 heavy (non-hydrogen) atoms. The minimum absolute atomic E-state index is 0.0238. The van der Waals surface area contributed by atoms with Crippen molar-refractivity contribution in [2.75, 3.05) is 13.1 Å². The Morgan fingerprint density at radius 3 is 2.54 bits per heavy atom. The first-order chi connectivity index (χ1) is 11.4. The van der Waals surface area contributed by atoms with Gasteiger partial charge in [0, 0.05) is 13.1 Å². The van der Waals surface area contributed by atoms with Crippen LogP contribution < -0.4 is 0 Å². The van der Waals surface area contributed by atoms with Crippen LogP contribution in [0.3, 0.4) is 0 Å². The molecule has 2 saturated carbocycles. The number of hydrogen-bond acceptors (Lipinski definition) is 3. The van der Waals surface area contributed by atoms with Crippen LogP contribution in [0, 0.1) is 17.3 Å². The zero-order valence-electron chi connectivity index (χ0n) is 15.0. The van der Waals surface area contributed by atoms with Crippen molar-refractivity contribution in [3.63, 3.8) is 0 Å². The van der Waals surface area contributed by atoms with Crippen LogP contribution in [0.5, 0.6) is 0 Å². The topological polar surface area (TPSA) is 66.8 Å². The van der Waals surface area contributed by atoms with E-state index >= 15 is 0 Å². The lowest BCUT2D eigenvalue weighted by Crippen LogP contribution is -2.46. The highest BCUT2D eigenvalue weighted by atomic mass is 16.5. The van der Waals surface area contributed by atoms with Gasteiger partial charge in [-0.15, -0.1) is 0 Å². The fraction of sp³-hybridized carbons (Fsp3) is 0.895. The second-order valence-corrected chi connectivity index (χ2v) is 8.21. The summed E-state index contributed by atoms with van der Waals surface area (Å²) >= 11 is 0. The first-order valence-corrected chi connectivity index (χ1v) is 9.62. The summed E-state index contributed by atoms with van der Waals surface area (Å²) < 4.78 is 6.17. The van der Waals surface area contributed by atoms with E-state index in [2.05, 4.69) is 6.92 Å². The summed E-state index contributed by atoms with van der Waals surface area (Å²) in [5.41, 5.74) is -0.0238. The monoisotopic (exact) mass is 337 g/mol. The van der Waals surface area contributed by atoms with Gasteiger partial charge in [0.25, 0.3) is 5.91 Å². The quantitative estimate of drug-likeness (QED) is 0.837. The minimum Gasteiger partial charge on any atom is -0.481 e. The summed E-state index contributed by atoms with van der Waals surface area (Å²) in [6.07, 6.45) is 7.64. The van der Waals surface area contributed by atoms with Gasteiger partial charge in [-0.25, -0.2) is 0 Å². The Hall–Kier alpha value is -1.10. The molecule has 5 heteroatoms. The smallest absolute Gasteiger partial charge is 0.307 e. The summed E-state index contributed by atoms with van der Waals surface area (Å²) in [6.45, 7) is 5.64. The van der Waals surface area contributed by atoms with Crippen LogP contribution in [0.25, 0.3) is 0 Å². The Kier molecular flexibility index (Phi) is 5.19. The molecule has 0 aromatic heterocycles. The second-order valence-electron chi connectivity index (χ2n) is 8.21. The molecule has 136 valence electrons. The van der Waals surface area contributed by atoms with Gasteiger partial charge in [0.2, 0.25) is 0 Å². The maximum atomic E-state index is 12.8. The summed E-state index contributed by atoms with van der Waals surface area (Å²) in [5.74, 6) is -0.0558. The number of carboxylic acid groups (broad SMARTS) is 1. The molecule has 1 amide bonds. The van der Waals surface area contributed by atoms with Crippen LogP contribution in [0.15, 0.2) is 0 Å². The van der Waals surface area contributed by atoms with Gasteiger partial charge in [-0.3, -0.25) is 9.59 Å². The number of piperidine rings is 1. The van der Waals surface area contributed by atoms with Crippen molar-refractivity contribution in [3.8, 4) is 0 Å². The molecular formula is C19H31NO4. The number of rotatable bonds is 5. The molecule has 1 spiro atoms. The van der Waals surface area contributed by atoms with Gasteiger partial charge < -0.3 is 14.7 Å². The number of amides is 1. The molecular weight excluding hydrogens is 306 g/mol. The Labute approximate surface area is 144 Å². The van der Waals surface area contributed by atoms with Crippen molar-refractivity contribution in [1.82, 2.24) is 4.90 Å². The molecule has 3 rings (SSSR count). The van der Waals surface area contributed by atoms with E-state index in [1.165, 1.54) is 12.8 Å². The summed E-state index contributed by atoms with van der Waals surface area (Å²) in [7, 11) is 0. The van der Waals surface area contributed by atoms with Crippen molar-refractivity contribution < 1.29 is 19.4 Å². The van der Waals surface area contributed by atoms with E-state index in [0.29, 0.717) is 25.4 Å². The lowest BCUT2D eigenvalue weighted by molar-refractivity contribution is -0.151. The van der Waals surface area contributed by atoms with Crippen LogP contribution in [-0.4, -0.2) is 47.2 Å². The number of hydrogen-bond donors (Lipinski definition) is 1. The Morgan fingerprint density at radius 2 is 2.00 bits per heavy atom. The summed E-state index contributed by atoms with van der Waals surface area (Å²) in [4.78, 5) is 25.9. The molecule has 4 atom stereocenters. The van der Waals surface area contributed by atoms with Gasteiger partial charge in [0.1, 0.15) is 6.10 Å². The number of ether oxygens (including phenoxy) is 1. The largest absolute Gasteiger partial charge is 0.481 e. The predicted molar refractivity (Wildman–Crippen MR) is 90.6 cm³/mol. The van der Waals surface area contributed by atoms with E-state index in [1.807, 2.05) is 11.8 Å². The van der Waals surface area contributed by atoms with Gasteiger partial charge in [-0.1, -0.05) is 26.7 Å². The highest BCUT2D eigenvalue weighted by molar-refractivity contribution is 5.81.